The number of aromatic nitrogens is 1. The van der Waals surface area contributed by atoms with E-state index in [4.69, 9.17) is 0 Å². The Hall–Kier alpha value is -2.89. The van der Waals surface area contributed by atoms with Crippen LogP contribution in [0, 0.1) is 0 Å². The molecule has 3 amide bonds. The van der Waals surface area contributed by atoms with Crippen LogP contribution < -0.4 is 5.32 Å². The van der Waals surface area contributed by atoms with Gasteiger partial charge in [0.05, 0.1) is 11.1 Å². The SMILES string of the molecule is Cn1ccc(CNC(=O)CCCN2C(=O)c3ccccc3C2=O)c1. The molecular weight excluding hydrogens is 306 g/mol. The fourth-order valence-corrected chi connectivity index (χ4v) is 2.79. The monoisotopic (exact) mass is 325 g/mol. The number of nitrogens with one attached hydrogen (secondary N) is 1. The largest absolute Gasteiger partial charge is 0.357 e. The van der Waals surface area contributed by atoms with Crippen LogP contribution in [0.15, 0.2) is 42.7 Å². The summed E-state index contributed by atoms with van der Waals surface area (Å²) in [7, 11) is 1.92. The molecule has 124 valence electrons. The Labute approximate surface area is 140 Å². The van der Waals surface area contributed by atoms with Gasteiger partial charge in [-0.2, -0.15) is 0 Å². The van der Waals surface area contributed by atoms with Gasteiger partial charge in [-0.1, -0.05) is 12.1 Å². The van der Waals surface area contributed by atoms with Crippen LogP contribution in [0.1, 0.15) is 39.1 Å². The highest BCUT2D eigenvalue weighted by molar-refractivity contribution is 6.21. The molecule has 1 aliphatic rings. The predicted molar refractivity (Wildman–Crippen MR) is 88.3 cm³/mol. The molecule has 1 aromatic heterocycles. The van der Waals surface area contributed by atoms with Crippen LogP contribution in [0.3, 0.4) is 0 Å². The van der Waals surface area contributed by atoms with E-state index in [0.717, 1.165) is 5.56 Å². The van der Waals surface area contributed by atoms with Gasteiger partial charge in [-0.25, -0.2) is 0 Å². The molecule has 0 spiro atoms. The molecule has 0 saturated heterocycles. The Balaban J connectivity index is 1.46. The fraction of sp³-hybridized carbons (Fsp3) is 0.278. The van der Waals surface area contributed by atoms with Crippen molar-refractivity contribution in [1.29, 1.82) is 0 Å². The molecule has 0 unspecified atom stereocenters. The number of hydrogen-bond acceptors (Lipinski definition) is 3. The molecule has 0 atom stereocenters. The highest BCUT2D eigenvalue weighted by atomic mass is 16.2. The standard InChI is InChI=1S/C18H19N3O3/c1-20-10-8-13(12-20)11-19-16(22)7-4-9-21-17(23)14-5-2-3-6-15(14)18(21)24/h2-3,5-6,8,10,12H,4,7,9,11H2,1H3,(H,19,22). The third-order valence-electron chi connectivity index (χ3n) is 4.05. The molecule has 3 rings (SSSR count). The lowest BCUT2D eigenvalue weighted by Crippen LogP contribution is -2.32. The van der Waals surface area contributed by atoms with E-state index in [-0.39, 0.29) is 30.7 Å². The zero-order valence-electron chi connectivity index (χ0n) is 13.5. The highest BCUT2D eigenvalue weighted by Crippen LogP contribution is 2.22. The number of nitrogens with zero attached hydrogens (tertiary/aromatic N) is 2. The van der Waals surface area contributed by atoms with Crippen LogP contribution in [0.2, 0.25) is 0 Å². The molecular formula is C18H19N3O3. The van der Waals surface area contributed by atoms with Crippen molar-refractivity contribution in [2.75, 3.05) is 6.54 Å². The lowest BCUT2D eigenvalue weighted by atomic mass is 10.1. The highest BCUT2D eigenvalue weighted by Gasteiger charge is 2.34. The summed E-state index contributed by atoms with van der Waals surface area (Å²) in [4.78, 5) is 37.5. The third-order valence-corrected chi connectivity index (χ3v) is 4.05. The summed E-state index contributed by atoms with van der Waals surface area (Å²) in [6, 6.07) is 8.73. The van der Waals surface area contributed by atoms with E-state index in [2.05, 4.69) is 5.32 Å². The van der Waals surface area contributed by atoms with Gasteiger partial charge in [0.25, 0.3) is 11.8 Å². The van der Waals surface area contributed by atoms with Crippen LogP contribution in [0.25, 0.3) is 0 Å². The molecule has 1 aromatic carbocycles. The Morgan fingerprint density at radius 1 is 1.08 bits per heavy atom. The zero-order valence-corrected chi connectivity index (χ0v) is 13.5. The molecule has 1 aliphatic heterocycles. The Morgan fingerprint density at radius 3 is 2.33 bits per heavy atom. The normalized spacial score (nSPS) is 13.3. The van der Waals surface area contributed by atoms with Gasteiger partial charge in [0, 0.05) is 39.0 Å². The first-order valence-electron chi connectivity index (χ1n) is 7.89. The number of carbonyl (C=O) groups is 3. The molecule has 2 heterocycles. The van der Waals surface area contributed by atoms with Gasteiger partial charge >= 0.3 is 0 Å². The molecule has 6 heteroatoms. The second-order valence-electron chi connectivity index (χ2n) is 5.87. The molecule has 1 N–H and O–H groups in total. The number of rotatable bonds is 6. The smallest absolute Gasteiger partial charge is 0.261 e. The summed E-state index contributed by atoms with van der Waals surface area (Å²) < 4.78 is 1.92. The van der Waals surface area contributed by atoms with Crippen molar-refractivity contribution in [3.05, 3.63) is 59.4 Å². The van der Waals surface area contributed by atoms with Crippen LogP contribution in [0.4, 0.5) is 0 Å². The summed E-state index contributed by atoms with van der Waals surface area (Å²) in [5.74, 6) is -0.643. The van der Waals surface area contributed by atoms with Gasteiger partial charge < -0.3 is 9.88 Å². The lowest BCUT2D eigenvalue weighted by Gasteiger charge is -2.13. The van der Waals surface area contributed by atoms with Crippen molar-refractivity contribution < 1.29 is 14.4 Å². The van der Waals surface area contributed by atoms with Crippen molar-refractivity contribution in [3.63, 3.8) is 0 Å². The number of imide groups is 1. The minimum atomic E-state index is -0.278. The van der Waals surface area contributed by atoms with Gasteiger partial charge in [-0.05, 0) is 30.2 Å². The van der Waals surface area contributed by atoms with Gasteiger partial charge in [0.15, 0.2) is 0 Å². The number of carbonyl (C=O) groups excluding carboxylic acids is 3. The summed E-state index contributed by atoms with van der Waals surface area (Å²) in [5.41, 5.74) is 1.92. The lowest BCUT2D eigenvalue weighted by molar-refractivity contribution is -0.121. The first-order valence-corrected chi connectivity index (χ1v) is 7.89. The van der Waals surface area contributed by atoms with Crippen LogP contribution >= 0.6 is 0 Å². The summed E-state index contributed by atoms with van der Waals surface area (Å²) in [6.07, 6.45) is 4.59. The molecule has 0 aliphatic carbocycles. The van der Waals surface area contributed by atoms with Gasteiger partial charge in [0.1, 0.15) is 0 Å². The maximum Gasteiger partial charge on any atom is 0.261 e. The first-order chi connectivity index (χ1) is 11.6. The van der Waals surface area contributed by atoms with E-state index in [0.29, 0.717) is 24.1 Å². The second kappa shape index (κ2) is 6.70. The van der Waals surface area contributed by atoms with Crippen molar-refractivity contribution in [3.8, 4) is 0 Å². The maximum atomic E-state index is 12.2. The van der Waals surface area contributed by atoms with Crippen LogP contribution in [-0.4, -0.2) is 33.7 Å². The van der Waals surface area contributed by atoms with E-state index >= 15 is 0 Å². The second-order valence-corrected chi connectivity index (χ2v) is 5.87. The Morgan fingerprint density at radius 2 is 1.75 bits per heavy atom. The quantitative estimate of drug-likeness (QED) is 0.822. The first kappa shape index (κ1) is 16.0. The molecule has 24 heavy (non-hydrogen) atoms. The molecule has 2 aromatic rings. The van der Waals surface area contributed by atoms with Crippen molar-refractivity contribution in [2.45, 2.75) is 19.4 Å². The molecule has 0 fully saturated rings. The van der Waals surface area contributed by atoms with E-state index in [9.17, 15) is 14.4 Å². The minimum absolute atomic E-state index is 0.0875. The molecule has 0 bridgehead atoms. The average Bonchev–Trinajstić information content (AvgIpc) is 3.10. The van der Waals surface area contributed by atoms with Crippen LogP contribution in [-0.2, 0) is 18.4 Å². The number of fused-ring (bicyclic) bond motifs is 1. The van der Waals surface area contributed by atoms with Gasteiger partial charge in [0.2, 0.25) is 5.91 Å². The molecule has 6 nitrogen and oxygen atoms in total. The van der Waals surface area contributed by atoms with Crippen molar-refractivity contribution >= 4 is 17.7 Å². The number of benzene rings is 1. The summed E-state index contributed by atoms with van der Waals surface area (Å²) >= 11 is 0. The van der Waals surface area contributed by atoms with E-state index in [1.165, 1.54) is 4.90 Å². The van der Waals surface area contributed by atoms with Gasteiger partial charge in [-0.15, -0.1) is 0 Å². The Kier molecular flexibility index (Phi) is 4.46. The third kappa shape index (κ3) is 3.22. The number of aryl methyl sites for hydroxylation is 1. The summed E-state index contributed by atoms with van der Waals surface area (Å²) in [6.45, 7) is 0.734. The topological polar surface area (TPSA) is 71.4 Å². The minimum Gasteiger partial charge on any atom is -0.357 e. The van der Waals surface area contributed by atoms with Crippen molar-refractivity contribution in [2.24, 2.45) is 7.05 Å². The van der Waals surface area contributed by atoms with Gasteiger partial charge in [-0.3, -0.25) is 19.3 Å². The maximum absolute atomic E-state index is 12.2. The van der Waals surface area contributed by atoms with Crippen LogP contribution in [0.5, 0.6) is 0 Å². The number of amides is 3. The molecule has 0 saturated carbocycles. The Bertz CT molecular complexity index is 759. The summed E-state index contributed by atoms with van der Waals surface area (Å²) in [5, 5.41) is 2.84. The zero-order chi connectivity index (χ0) is 17.1. The average molecular weight is 325 g/mol. The number of hydrogen-bond donors (Lipinski definition) is 1. The van der Waals surface area contributed by atoms with E-state index in [1.54, 1.807) is 24.3 Å². The predicted octanol–water partition coefficient (Wildman–Crippen LogP) is 1.72. The van der Waals surface area contributed by atoms with E-state index in [1.807, 2.05) is 30.1 Å². The molecule has 0 radical (unpaired) electrons. The van der Waals surface area contributed by atoms with E-state index < -0.39 is 0 Å². The fourth-order valence-electron chi connectivity index (χ4n) is 2.79. The van der Waals surface area contributed by atoms with Crippen molar-refractivity contribution in [1.82, 2.24) is 14.8 Å².